The molecule has 0 aliphatic carbocycles. The summed E-state index contributed by atoms with van der Waals surface area (Å²) in [7, 11) is 0. The van der Waals surface area contributed by atoms with Gasteiger partial charge in [-0.2, -0.15) is 0 Å². The zero-order valence-electron chi connectivity index (χ0n) is 70.7. The first-order valence-corrected chi connectivity index (χ1v) is 49.8. The van der Waals surface area contributed by atoms with Crippen LogP contribution in [-0.2, 0) is 0 Å². The second-order valence-electron chi connectivity index (χ2n) is 33.3. The van der Waals surface area contributed by atoms with Gasteiger partial charge in [-0.15, -0.1) is 79.4 Å². The average Bonchev–Trinajstić information content (AvgIpc) is 1.59. The summed E-state index contributed by atoms with van der Waals surface area (Å²) in [5.74, 6) is 0. The second kappa shape index (κ2) is 32.5. The molecule has 0 saturated heterocycles. The van der Waals surface area contributed by atoms with Crippen LogP contribution in [0.25, 0.3) is 197 Å². The molecule has 19 aromatic carbocycles. The van der Waals surface area contributed by atoms with E-state index in [1.807, 2.05) is 104 Å². The van der Waals surface area contributed by atoms with Crippen LogP contribution < -0.4 is 14.7 Å². The molecule has 0 unspecified atom stereocenters. The van der Waals surface area contributed by atoms with Crippen molar-refractivity contribution in [3.8, 4) is 44.5 Å². The summed E-state index contributed by atoms with van der Waals surface area (Å²) in [4.78, 5) is 7.09. The van der Waals surface area contributed by atoms with Crippen LogP contribution >= 0.6 is 79.4 Å². The zero-order chi connectivity index (χ0) is 86.9. The SMILES string of the molecule is c1ccc(-c2ccc(N(c3ccc(-c4ccc5oc6ccccc6c5c4)cc3)c3ccc4c(c3)sc3c5ccccc5sc43)cc2)cc1.c1ccc(N(c2ccc(-c3ccc4c(c3)sc3c5ccccc5sc43)cc2)c2ccc3sc4ccccc4c3c2)cc1.c1ccc(N(c2cccc(-c3ccc4oc5ccccc5c4c3)c2)c2ccc3c(c2)sc2c4ccccc4sc32)cc1. The normalized spacial score (nSPS) is 11.8. The summed E-state index contributed by atoms with van der Waals surface area (Å²) in [5, 5.41) is 15.3. The predicted octanol–water partition coefficient (Wildman–Crippen LogP) is 39.1. The number of hydrogen-bond donors (Lipinski definition) is 0. The lowest BCUT2D eigenvalue weighted by Gasteiger charge is -2.26. The van der Waals surface area contributed by atoms with Crippen LogP contribution in [0.4, 0.5) is 51.2 Å². The molecular formula is C120H73N3O2S7. The molecule has 28 aromatic rings. The standard InChI is InChI=1S/C44H27NOS2.C38H23NOS2.C38H23NS3/c1-2-8-28(9-3-1)29-14-19-32(20-15-29)45(34-23-24-37-42(27-34)48-43-36-11-5-7-13-41(36)47-44(37)43)33-21-16-30(17-22-33)31-18-25-40-38(26-31)35-10-4-6-12-39(35)46-40;1-2-10-26(11-3-1)39(28-18-19-31-36(23-28)42-37-30-14-5-7-16-35(30)41-38(31)37)27-12-8-9-24(21-27)25-17-20-34-32(22-25)29-13-4-6-15-33(29)40-34;1-2-8-26(9-3-1)39(28-19-21-35-32(23-28)29-10-4-6-12-33(29)40-35)27-17-14-24(15-18-27)25-16-20-31-36(22-25)42-37-30-11-5-7-13-34(30)41-38(31)37/h1-27H;2*1-23H. The summed E-state index contributed by atoms with van der Waals surface area (Å²) in [6.07, 6.45) is 0. The smallest absolute Gasteiger partial charge is 0.135 e. The molecule has 132 heavy (non-hydrogen) atoms. The van der Waals surface area contributed by atoms with Gasteiger partial charge in [0.2, 0.25) is 0 Å². The van der Waals surface area contributed by atoms with E-state index in [1.165, 1.54) is 153 Å². The number of benzene rings is 19. The van der Waals surface area contributed by atoms with E-state index in [2.05, 4.69) is 433 Å². The van der Waals surface area contributed by atoms with E-state index in [-0.39, 0.29) is 0 Å². The molecule has 0 bridgehead atoms. The third-order valence-corrected chi connectivity index (χ3v) is 34.1. The van der Waals surface area contributed by atoms with Gasteiger partial charge in [0, 0.05) is 153 Å². The van der Waals surface area contributed by atoms with Crippen molar-refractivity contribution in [1.29, 1.82) is 0 Å². The molecule has 0 N–H and O–H groups in total. The summed E-state index contributed by atoms with van der Waals surface area (Å²) < 4.78 is 31.2. The van der Waals surface area contributed by atoms with Gasteiger partial charge in [0.1, 0.15) is 22.3 Å². The van der Waals surface area contributed by atoms with E-state index in [0.29, 0.717) is 0 Å². The van der Waals surface area contributed by atoms with Crippen LogP contribution in [0.5, 0.6) is 0 Å². The van der Waals surface area contributed by atoms with Crippen LogP contribution in [0.1, 0.15) is 0 Å². The molecule has 5 nitrogen and oxygen atoms in total. The van der Waals surface area contributed by atoms with Crippen molar-refractivity contribution in [1.82, 2.24) is 0 Å². The number of rotatable bonds is 13. The third-order valence-electron chi connectivity index (χ3n) is 25.4. The summed E-state index contributed by atoms with van der Waals surface area (Å²) >= 11 is 13.3. The average molecular weight is 1810 g/mol. The van der Waals surface area contributed by atoms with Gasteiger partial charge in [0.05, 0.1) is 28.2 Å². The highest BCUT2D eigenvalue weighted by Crippen LogP contribution is 2.52. The summed E-state index contributed by atoms with van der Waals surface area (Å²) in [5.41, 5.74) is 23.5. The molecule has 9 aromatic heterocycles. The Labute approximate surface area is 787 Å². The van der Waals surface area contributed by atoms with Crippen molar-refractivity contribution in [3.63, 3.8) is 0 Å². The van der Waals surface area contributed by atoms with Crippen molar-refractivity contribution in [2.75, 3.05) is 14.7 Å². The monoisotopic (exact) mass is 1810 g/mol. The quantitative estimate of drug-likeness (QED) is 0.115. The molecular weight excluding hydrogens is 1740 g/mol. The van der Waals surface area contributed by atoms with Crippen molar-refractivity contribution in [2.45, 2.75) is 0 Å². The van der Waals surface area contributed by atoms with Gasteiger partial charge < -0.3 is 23.5 Å². The maximum atomic E-state index is 6.09. The Balaban J connectivity index is 0.000000104. The molecule has 0 fully saturated rings. The van der Waals surface area contributed by atoms with E-state index in [4.69, 9.17) is 8.83 Å². The number of furan rings is 2. The van der Waals surface area contributed by atoms with Crippen molar-refractivity contribution < 1.29 is 8.83 Å². The number of hydrogen-bond acceptors (Lipinski definition) is 12. The van der Waals surface area contributed by atoms with Crippen molar-refractivity contribution in [3.05, 3.63) is 443 Å². The van der Waals surface area contributed by atoms with E-state index < -0.39 is 0 Å². The lowest BCUT2D eigenvalue weighted by Crippen LogP contribution is -2.09. The Morgan fingerprint density at radius 1 is 0.129 bits per heavy atom. The molecule has 9 heterocycles. The fourth-order valence-corrected chi connectivity index (χ4v) is 28.2. The maximum Gasteiger partial charge on any atom is 0.135 e. The molecule has 0 radical (unpaired) electrons. The number of nitrogens with zero attached hydrogens (tertiary/aromatic N) is 3. The second-order valence-corrected chi connectivity index (χ2v) is 40.7. The highest BCUT2D eigenvalue weighted by molar-refractivity contribution is 7.38. The third kappa shape index (κ3) is 13.8. The van der Waals surface area contributed by atoms with Crippen molar-refractivity contribution >= 4 is 283 Å². The van der Waals surface area contributed by atoms with Crippen LogP contribution in [0, 0.1) is 0 Å². The van der Waals surface area contributed by atoms with E-state index >= 15 is 0 Å². The Morgan fingerprint density at radius 2 is 0.394 bits per heavy atom. The van der Waals surface area contributed by atoms with Crippen LogP contribution in [0.15, 0.2) is 452 Å². The zero-order valence-corrected chi connectivity index (χ0v) is 76.4. The first-order valence-electron chi connectivity index (χ1n) is 44.1. The molecule has 0 atom stereocenters. The molecule has 0 amide bonds. The van der Waals surface area contributed by atoms with Gasteiger partial charge in [0.15, 0.2) is 0 Å². The maximum absolute atomic E-state index is 6.09. The largest absolute Gasteiger partial charge is 0.456 e. The Hall–Kier alpha value is -15.1. The minimum Gasteiger partial charge on any atom is -0.456 e. The van der Waals surface area contributed by atoms with Gasteiger partial charge in [0.25, 0.3) is 0 Å². The van der Waals surface area contributed by atoms with E-state index in [9.17, 15) is 0 Å². The number of thiophene rings is 7. The lowest BCUT2D eigenvalue weighted by molar-refractivity contribution is 0.668. The van der Waals surface area contributed by atoms with Crippen LogP contribution in [-0.4, -0.2) is 0 Å². The number of para-hydroxylation sites is 4. The van der Waals surface area contributed by atoms with Gasteiger partial charge >= 0.3 is 0 Å². The Kier molecular flexibility index (Phi) is 19.2. The summed E-state index contributed by atoms with van der Waals surface area (Å²) in [6.45, 7) is 0. The van der Waals surface area contributed by atoms with Gasteiger partial charge in [-0.1, -0.05) is 261 Å². The number of fused-ring (bicyclic) bond motifs is 24. The Bertz CT molecular complexity index is 9320. The summed E-state index contributed by atoms with van der Waals surface area (Å²) in [6, 6.07) is 160. The molecule has 0 aliphatic rings. The predicted molar refractivity (Wildman–Crippen MR) is 577 cm³/mol. The Morgan fingerprint density at radius 3 is 0.871 bits per heavy atom. The van der Waals surface area contributed by atoms with Crippen LogP contribution in [0.3, 0.4) is 0 Å². The topological polar surface area (TPSA) is 36.0 Å². The minimum absolute atomic E-state index is 0.915. The minimum atomic E-state index is 0.915. The van der Waals surface area contributed by atoms with Gasteiger partial charge in [-0.3, -0.25) is 0 Å². The molecule has 0 spiro atoms. The number of anilines is 9. The first-order chi connectivity index (χ1) is 65.4. The van der Waals surface area contributed by atoms with Gasteiger partial charge in [-0.05, 0) is 226 Å². The highest BCUT2D eigenvalue weighted by atomic mass is 32.1. The molecule has 0 saturated carbocycles. The van der Waals surface area contributed by atoms with E-state index in [1.54, 1.807) is 0 Å². The fraction of sp³-hybridized carbons (Fsp3) is 0. The van der Waals surface area contributed by atoms with E-state index in [0.717, 1.165) is 95.1 Å². The lowest BCUT2D eigenvalue weighted by atomic mass is 10.0. The molecule has 28 rings (SSSR count). The fourth-order valence-electron chi connectivity index (χ4n) is 19.1. The highest BCUT2D eigenvalue weighted by Gasteiger charge is 2.24. The van der Waals surface area contributed by atoms with Crippen molar-refractivity contribution in [2.24, 2.45) is 0 Å². The van der Waals surface area contributed by atoms with Gasteiger partial charge in [-0.25, -0.2) is 0 Å². The molecule has 622 valence electrons. The molecule has 12 heteroatoms. The van der Waals surface area contributed by atoms with Crippen LogP contribution in [0.2, 0.25) is 0 Å². The first kappa shape index (κ1) is 78.0. The molecule has 0 aliphatic heterocycles.